The molecular formula is C26H34N8O. The van der Waals surface area contributed by atoms with Gasteiger partial charge in [-0.05, 0) is 58.8 Å². The molecule has 6 rings (SSSR count). The second-order valence-electron chi connectivity index (χ2n) is 10.4. The van der Waals surface area contributed by atoms with Crippen molar-refractivity contribution in [2.75, 3.05) is 19.4 Å². The Morgan fingerprint density at radius 3 is 2.46 bits per heavy atom. The van der Waals surface area contributed by atoms with Gasteiger partial charge in [0.2, 0.25) is 0 Å². The second-order valence-corrected chi connectivity index (χ2v) is 10.4. The zero-order valence-corrected chi connectivity index (χ0v) is 21.2. The van der Waals surface area contributed by atoms with Crippen molar-refractivity contribution < 1.29 is 4.79 Å². The van der Waals surface area contributed by atoms with Crippen molar-refractivity contribution in [1.29, 1.82) is 0 Å². The predicted molar refractivity (Wildman–Crippen MR) is 138 cm³/mol. The van der Waals surface area contributed by atoms with Crippen LogP contribution in [0.3, 0.4) is 0 Å². The van der Waals surface area contributed by atoms with Crippen LogP contribution in [0, 0.1) is 0 Å². The van der Waals surface area contributed by atoms with Crippen LogP contribution in [0.25, 0.3) is 21.9 Å². The number of nitrogens with zero attached hydrogens (tertiary/aromatic N) is 7. The molecule has 0 saturated heterocycles. The number of hydrogen-bond acceptors (Lipinski definition) is 5. The molecule has 1 amide bonds. The Balaban J connectivity index is 1.46. The minimum absolute atomic E-state index is 0.177. The van der Waals surface area contributed by atoms with E-state index in [4.69, 9.17) is 4.98 Å². The van der Waals surface area contributed by atoms with Crippen molar-refractivity contribution in [3.8, 4) is 0 Å². The first kappa shape index (κ1) is 22.2. The lowest BCUT2D eigenvalue weighted by Crippen LogP contribution is -2.36. The summed E-state index contributed by atoms with van der Waals surface area (Å²) < 4.78 is 6.13. The van der Waals surface area contributed by atoms with Gasteiger partial charge in [0, 0.05) is 50.7 Å². The lowest BCUT2D eigenvalue weighted by Gasteiger charge is -2.22. The highest BCUT2D eigenvalue weighted by Crippen LogP contribution is 2.40. The molecule has 3 aromatic heterocycles. The Kier molecular flexibility index (Phi) is 5.14. The van der Waals surface area contributed by atoms with Gasteiger partial charge in [-0.3, -0.25) is 9.48 Å². The molecule has 0 aliphatic heterocycles. The molecule has 0 bridgehead atoms. The van der Waals surface area contributed by atoms with E-state index in [9.17, 15) is 4.79 Å². The van der Waals surface area contributed by atoms with Crippen molar-refractivity contribution in [2.45, 2.75) is 57.8 Å². The molecule has 2 aliphatic rings. The van der Waals surface area contributed by atoms with Crippen LogP contribution in [-0.2, 0) is 27.2 Å². The van der Waals surface area contributed by atoms with E-state index in [1.807, 2.05) is 29.7 Å². The fourth-order valence-corrected chi connectivity index (χ4v) is 5.32. The average molecular weight is 475 g/mol. The molecule has 0 radical (unpaired) electrons. The van der Waals surface area contributed by atoms with Crippen LogP contribution in [0.15, 0.2) is 24.5 Å². The van der Waals surface area contributed by atoms with E-state index in [-0.39, 0.29) is 5.91 Å². The number of fused-ring (bicyclic) bond motifs is 3. The Morgan fingerprint density at radius 2 is 1.83 bits per heavy atom. The van der Waals surface area contributed by atoms with E-state index in [1.165, 1.54) is 0 Å². The molecule has 0 atom stereocenters. The molecule has 9 heteroatoms. The lowest BCUT2D eigenvalue weighted by atomic mass is 10.1. The summed E-state index contributed by atoms with van der Waals surface area (Å²) in [5.74, 6) is 0.964. The SMILES string of the molecule is CCn1c(C(=O)N(C2CC2)C2CC2)cc2c3c(ncn3C)c(Nc3cc(CN(C)C)n(C)n3)cc21. The molecule has 184 valence electrons. The fraction of sp³-hybridized carbons (Fsp3) is 0.500. The molecular weight excluding hydrogens is 440 g/mol. The number of imidazole rings is 1. The summed E-state index contributed by atoms with van der Waals surface area (Å²) in [6.07, 6.45) is 6.38. The van der Waals surface area contributed by atoms with Crippen molar-refractivity contribution in [3.63, 3.8) is 0 Å². The standard InChI is InChI=1S/C26H34N8O/c1-6-33-21-13-20(28-23-11-18(14-30(2)3)32(5)29-23)24-25(31(4)15-27-24)19(21)12-22(33)26(35)34(16-7-8-16)17-9-10-17/h11-13,15-17H,6-10,14H2,1-5H3,(H,28,29). The Hall–Kier alpha value is -3.33. The van der Waals surface area contributed by atoms with Crippen LogP contribution < -0.4 is 5.32 Å². The number of carbonyl (C=O) groups is 1. The van der Waals surface area contributed by atoms with Crippen molar-refractivity contribution in [1.82, 2.24) is 33.7 Å². The Morgan fingerprint density at radius 1 is 1.11 bits per heavy atom. The number of aryl methyl sites for hydroxylation is 3. The second kappa shape index (κ2) is 8.12. The molecule has 2 saturated carbocycles. The van der Waals surface area contributed by atoms with E-state index in [0.717, 1.165) is 83.6 Å². The highest BCUT2D eigenvalue weighted by molar-refractivity contribution is 6.12. The first-order valence-corrected chi connectivity index (χ1v) is 12.6. The first-order chi connectivity index (χ1) is 16.9. The van der Waals surface area contributed by atoms with Gasteiger partial charge in [-0.1, -0.05) is 0 Å². The van der Waals surface area contributed by atoms with Gasteiger partial charge in [-0.25, -0.2) is 4.98 Å². The third-order valence-electron chi connectivity index (χ3n) is 7.24. The molecule has 35 heavy (non-hydrogen) atoms. The summed E-state index contributed by atoms with van der Waals surface area (Å²) in [5.41, 5.74) is 5.77. The molecule has 9 nitrogen and oxygen atoms in total. The van der Waals surface area contributed by atoms with E-state index in [1.54, 1.807) is 0 Å². The van der Waals surface area contributed by atoms with Crippen LogP contribution in [0.5, 0.6) is 0 Å². The molecule has 1 N–H and O–H groups in total. The number of hydrogen-bond donors (Lipinski definition) is 1. The van der Waals surface area contributed by atoms with E-state index in [2.05, 4.69) is 64.0 Å². The number of rotatable bonds is 8. The third kappa shape index (κ3) is 3.78. The molecule has 0 spiro atoms. The maximum absolute atomic E-state index is 13.8. The van der Waals surface area contributed by atoms with Gasteiger partial charge in [-0.2, -0.15) is 5.10 Å². The van der Waals surface area contributed by atoms with Crippen molar-refractivity contribution in [2.24, 2.45) is 14.1 Å². The summed E-state index contributed by atoms with van der Waals surface area (Å²) >= 11 is 0. The summed E-state index contributed by atoms with van der Waals surface area (Å²) in [4.78, 5) is 22.8. The fourth-order valence-electron chi connectivity index (χ4n) is 5.32. The van der Waals surface area contributed by atoms with Gasteiger partial charge in [0.1, 0.15) is 11.2 Å². The van der Waals surface area contributed by atoms with E-state index < -0.39 is 0 Å². The molecule has 0 unspecified atom stereocenters. The largest absolute Gasteiger partial charge is 0.337 e. The van der Waals surface area contributed by atoms with Gasteiger partial charge in [0.25, 0.3) is 5.91 Å². The van der Waals surface area contributed by atoms with Crippen LogP contribution in [-0.4, -0.2) is 65.8 Å². The van der Waals surface area contributed by atoms with Gasteiger partial charge in [0.05, 0.1) is 28.7 Å². The van der Waals surface area contributed by atoms with Gasteiger partial charge in [0.15, 0.2) is 5.82 Å². The molecule has 2 fully saturated rings. The number of anilines is 2. The number of aromatic nitrogens is 5. The van der Waals surface area contributed by atoms with Crippen molar-refractivity contribution in [3.05, 3.63) is 35.9 Å². The maximum Gasteiger partial charge on any atom is 0.271 e. The monoisotopic (exact) mass is 474 g/mol. The van der Waals surface area contributed by atoms with Crippen LogP contribution in [0.4, 0.5) is 11.5 Å². The Labute approximate surface area is 205 Å². The highest BCUT2D eigenvalue weighted by atomic mass is 16.2. The summed E-state index contributed by atoms with van der Waals surface area (Å²) in [5, 5.41) is 9.27. The number of amides is 1. The molecule has 2 aliphatic carbocycles. The van der Waals surface area contributed by atoms with Crippen molar-refractivity contribution >= 4 is 39.3 Å². The molecule has 1 aromatic carbocycles. The van der Waals surface area contributed by atoms with Crippen LogP contribution in [0.1, 0.15) is 48.8 Å². The van der Waals surface area contributed by atoms with Gasteiger partial charge >= 0.3 is 0 Å². The third-order valence-corrected chi connectivity index (χ3v) is 7.24. The number of carbonyl (C=O) groups excluding carboxylic acids is 1. The predicted octanol–water partition coefficient (Wildman–Crippen LogP) is 3.85. The smallest absolute Gasteiger partial charge is 0.271 e. The van der Waals surface area contributed by atoms with E-state index in [0.29, 0.717) is 12.1 Å². The summed E-state index contributed by atoms with van der Waals surface area (Å²) in [6, 6.07) is 7.14. The normalized spacial score (nSPS) is 16.1. The summed E-state index contributed by atoms with van der Waals surface area (Å²) in [6.45, 7) is 3.65. The molecule has 4 aromatic rings. The maximum atomic E-state index is 13.8. The number of nitrogens with one attached hydrogen (secondary N) is 1. The quantitative estimate of drug-likeness (QED) is 0.420. The first-order valence-electron chi connectivity index (χ1n) is 12.6. The zero-order valence-electron chi connectivity index (χ0n) is 21.2. The van der Waals surface area contributed by atoms with Gasteiger partial charge < -0.3 is 24.3 Å². The van der Waals surface area contributed by atoms with E-state index >= 15 is 0 Å². The minimum Gasteiger partial charge on any atom is -0.337 e. The van der Waals surface area contributed by atoms with Crippen LogP contribution in [0.2, 0.25) is 0 Å². The average Bonchev–Trinajstić information content (AvgIpc) is 3.72. The van der Waals surface area contributed by atoms with Crippen LogP contribution >= 0.6 is 0 Å². The van der Waals surface area contributed by atoms with Gasteiger partial charge in [-0.15, -0.1) is 0 Å². The minimum atomic E-state index is 0.177. The molecule has 3 heterocycles. The topological polar surface area (TPSA) is 76.2 Å². The lowest BCUT2D eigenvalue weighted by molar-refractivity contribution is 0.0719. The zero-order chi connectivity index (χ0) is 24.4. The Bertz CT molecular complexity index is 1420. The highest BCUT2D eigenvalue weighted by Gasteiger charge is 2.43. The number of benzene rings is 1. The summed E-state index contributed by atoms with van der Waals surface area (Å²) in [7, 11) is 8.09.